The molecule has 1 atom stereocenters. The number of aliphatic hydroxyl groups excluding tert-OH is 1. The van der Waals surface area contributed by atoms with Gasteiger partial charge in [-0.15, -0.1) is 0 Å². The van der Waals surface area contributed by atoms with Crippen LogP contribution in [0.4, 0.5) is 0 Å². The third-order valence-electron chi connectivity index (χ3n) is 5.58. The largest absolute Gasteiger partial charge is 0.493 e. The molecule has 1 aromatic rings. The predicted molar refractivity (Wildman–Crippen MR) is 97.2 cm³/mol. The van der Waals surface area contributed by atoms with Crippen LogP contribution in [0.2, 0.25) is 0 Å². The summed E-state index contributed by atoms with van der Waals surface area (Å²) in [4.78, 5) is 2.38. The van der Waals surface area contributed by atoms with Crippen molar-refractivity contribution in [2.45, 2.75) is 56.8 Å². The van der Waals surface area contributed by atoms with E-state index in [4.69, 9.17) is 14.2 Å². The molecule has 0 aromatic heterocycles. The SMILES string of the molecule is COc1ccc(CCOC2(N3CC[C@H](O)C3)CCCCC2)cc1OC. The van der Waals surface area contributed by atoms with Crippen molar-refractivity contribution in [1.82, 2.24) is 4.90 Å². The van der Waals surface area contributed by atoms with Crippen molar-refractivity contribution in [3.8, 4) is 11.5 Å². The number of ether oxygens (including phenoxy) is 3. The average Bonchev–Trinajstić information content (AvgIpc) is 3.09. The van der Waals surface area contributed by atoms with Gasteiger partial charge in [0.15, 0.2) is 11.5 Å². The lowest BCUT2D eigenvalue weighted by atomic mass is 9.90. The standard InChI is InChI=1S/C20H31NO4/c1-23-18-7-6-16(14-19(18)24-2)9-13-25-20(10-4-3-5-11-20)21-12-8-17(22)15-21/h6-7,14,17,22H,3-5,8-13,15H2,1-2H3/t17-/m0/s1. The van der Waals surface area contributed by atoms with Crippen molar-refractivity contribution in [1.29, 1.82) is 0 Å². The Morgan fingerprint density at radius 2 is 1.88 bits per heavy atom. The molecular weight excluding hydrogens is 318 g/mol. The molecule has 25 heavy (non-hydrogen) atoms. The molecule has 5 heteroatoms. The second-order valence-electron chi connectivity index (χ2n) is 7.18. The smallest absolute Gasteiger partial charge is 0.160 e. The lowest BCUT2D eigenvalue weighted by Crippen LogP contribution is -2.51. The van der Waals surface area contributed by atoms with Gasteiger partial charge in [-0.25, -0.2) is 0 Å². The van der Waals surface area contributed by atoms with E-state index in [0.29, 0.717) is 6.61 Å². The Labute approximate surface area is 150 Å². The zero-order valence-corrected chi connectivity index (χ0v) is 15.5. The summed E-state index contributed by atoms with van der Waals surface area (Å²) in [6, 6.07) is 6.04. The van der Waals surface area contributed by atoms with Gasteiger partial charge in [-0.05, 0) is 56.2 Å². The van der Waals surface area contributed by atoms with Crippen LogP contribution in [-0.4, -0.2) is 55.8 Å². The van der Waals surface area contributed by atoms with Crippen LogP contribution in [0.1, 0.15) is 44.1 Å². The van der Waals surface area contributed by atoms with Gasteiger partial charge in [0.2, 0.25) is 0 Å². The average molecular weight is 349 g/mol. The van der Waals surface area contributed by atoms with Gasteiger partial charge in [0.1, 0.15) is 5.72 Å². The number of nitrogens with zero attached hydrogens (tertiary/aromatic N) is 1. The first-order valence-corrected chi connectivity index (χ1v) is 9.45. The summed E-state index contributed by atoms with van der Waals surface area (Å²) in [5.41, 5.74) is 1.01. The molecule has 0 radical (unpaired) electrons. The minimum Gasteiger partial charge on any atom is -0.493 e. The Balaban J connectivity index is 1.62. The van der Waals surface area contributed by atoms with Crippen molar-refractivity contribution in [2.24, 2.45) is 0 Å². The molecule has 140 valence electrons. The zero-order valence-electron chi connectivity index (χ0n) is 15.5. The van der Waals surface area contributed by atoms with Gasteiger partial charge in [0.25, 0.3) is 0 Å². The molecule has 0 amide bonds. The number of β-amino-alcohol motifs (C(OH)–C–C–N with tert-alkyl or cyclic N) is 1. The number of hydrogen-bond donors (Lipinski definition) is 1. The van der Waals surface area contributed by atoms with Crippen LogP contribution >= 0.6 is 0 Å². The molecule has 0 bridgehead atoms. The molecular formula is C20H31NO4. The van der Waals surface area contributed by atoms with Gasteiger partial charge in [-0.1, -0.05) is 12.5 Å². The maximum absolute atomic E-state index is 9.93. The molecule has 1 aliphatic heterocycles. The topological polar surface area (TPSA) is 51.2 Å². The molecule has 2 fully saturated rings. The summed E-state index contributed by atoms with van der Waals surface area (Å²) in [6.45, 7) is 2.37. The molecule has 1 N–H and O–H groups in total. The van der Waals surface area contributed by atoms with Crippen LogP contribution in [0.15, 0.2) is 18.2 Å². The number of methoxy groups -OCH3 is 2. The van der Waals surface area contributed by atoms with Gasteiger partial charge in [-0.3, -0.25) is 4.90 Å². The van der Waals surface area contributed by atoms with E-state index in [2.05, 4.69) is 11.0 Å². The number of likely N-dealkylation sites (tertiary alicyclic amines) is 1. The number of aliphatic hydroxyl groups is 1. The summed E-state index contributed by atoms with van der Waals surface area (Å²) in [5.74, 6) is 1.51. The Morgan fingerprint density at radius 3 is 2.52 bits per heavy atom. The molecule has 1 heterocycles. The van der Waals surface area contributed by atoms with Crippen molar-refractivity contribution < 1.29 is 19.3 Å². The van der Waals surface area contributed by atoms with E-state index in [1.807, 2.05) is 12.1 Å². The molecule has 2 aliphatic rings. The van der Waals surface area contributed by atoms with Gasteiger partial charge in [0, 0.05) is 13.1 Å². The summed E-state index contributed by atoms with van der Waals surface area (Å²) < 4.78 is 17.2. The summed E-state index contributed by atoms with van der Waals surface area (Å²) in [5, 5.41) is 9.93. The molecule has 5 nitrogen and oxygen atoms in total. The van der Waals surface area contributed by atoms with Crippen LogP contribution in [0.5, 0.6) is 11.5 Å². The molecule has 3 rings (SSSR count). The summed E-state index contributed by atoms with van der Waals surface area (Å²) in [7, 11) is 3.31. The minimum absolute atomic E-state index is 0.174. The van der Waals surface area contributed by atoms with Gasteiger partial charge >= 0.3 is 0 Å². The van der Waals surface area contributed by atoms with E-state index in [9.17, 15) is 5.11 Å². The maximum Gasteiger partial charge on any atom is 0.160 e. The Bertz CT molecular complexity index is 557. The van der Waals surface area contributed by atoms with Crippen molar-refractivity contribution in [3.63, 3.8) is 0 Å². The number of hydrogen-bond acceptors (Lipinski definition) is 5. The quantitative estimate of drug-likeness (QED) is 0.820. The van der Waals surface area contributed by atoms with Crippen LogP contribution in [0, 0.1) is 0 Å². The minimum atomic E-state index is -0.201. The number of rotatable bonds is 7. The fourth-order valence-corrected chi connectivity index (χ4v) is 4.16. The first kappa shape index (κ1) is 18.5. The van der Waals surface area contributed by atoms with E-state index in [1.54, 1.807) is 14.2 Å². The lowest BCUT2D eigenvalue weighted by molar-refractivity contribution is -0.170. The van der Waals surface area contributed by atoms with E-state index in [0.717, 1.165) is 50.3 Å². The Hall–Kier alpha value is -1.30. The molecule has 1 saturated carbocycles. The maximum atomic E-state index is 9.93. The van der Waals surface area contributed by atoms with E-state index in [-0.39, 0.29) is 11.8 Å². The third kappa shape index (κ3) is 4.27. The van der Waals surface area contributed by atoms with Gasteiger partial charge in [-0.2, -0.15) is 0 Å². The molecule has 1 aromatic carbocycles. The van der Waals surface area contributed by atoms with Crippen LogP contribution < -0.4 is 9.47 Å². The molecule has 1 aliphatic carbocycles. The summed E-state index contributed by atoms with van der Waals surface area (Å²) >= 11 is 0. The number of benzene rings is 1. The molecule has 1 saturated heterocycles. The highest BCUT2D eigenvalue weighted by Gasteiger charge is 2.41. The predicted octanol–water partition coefficient (Wildman–Crippen LogP) is 2.99. The Morgan fingerprint density at radius 1 is 1.12 bits per heavy atom. The highest BCUT2D eigenvalue weighted by atomic mass is 16.5. The first-order valence-electron chi connectivity index (χ1n) is 9.45. The summed E-state index contributed by atoms with van der Waals surface area (Å²) in [6.07, 6.45) is 7.37. The van der Waals surface area contributed by atoms with E-state index < -0.39 is 0 Å². The van der Waals surface area contributed by atoms with Gasteiger partial charge in [0.05, 0.1) is 26.9 Å². The second-order valence-corrected chi connectivity index (χ2v) is 7.18. The first-order chi connectivity index (χ1) is 12.2. The van der Waals surface area contributed by atoms with Gasteiger partial charge < -0.3 is 19.3 Å². The molecule has 0 unspecified atom stereocenters. The zero-order chi connectivity index (χ0) is 17.7. The fourth-order valence-electron chi connectivity index (χ4n) is 4.16. The van der Waals surface area contributed by atoms with Crippen molar-refractivity contribution in [3.05, 3.63) is 23.8 Å². The second kappa shape index (κ2) is 8.39. The van der Waals surface area contributed by atoms with Crippen LogP contribution in [0.3, 0.4) is 0 Å². The van der Waals surface area contributed by atoms with E-state index >= 15 is 0 Å². The fraction of sp³-hybridized carbons (Fsp3) is 0.700. The van der Waals surface area contributed by atoms with Crippen LogP contribution in [0.25, 0.3) is 0 Å². The third-order valence-corrected chi connectivity index (χ3v) is 5.58. The highest BCUT2D eigenvalue weighted by Crippen LogP contribution is 2.37. The molecule has 0 spiro atoms. The normalized spacial score (nSPS) is 23.6. The van der Waals surface area contributed by atoms with Crippen LogP contribution in [-0.2, 0) is 11.2 Å². The monoisotopic (exact) mass is 349 g/mol. The highest BCUT2D eigenvalue weighted by molar-refractivity contribution is 5.42. The lowest BCUT2D eigenvalue weighted by Gasteiger charge is -2.44. The van der Waals surface area contributed by atoms with Crippen molar-refractivity contribution >= 4 is 0 Å². The Kier molecular flexibility index (Phi) is 6.20. The van der Waals surface area contributed by atoms with E-state index in [1.165, 1.54) is 24.8 Å². The van der Waals surface area contributed by atoms with Crippen molar-refractivity contribution in [2.75, 3.05) is 33.9 Å².